The highest BCUT2D eigenvalue weighted by Crippen LogP contribution is 2.16. The third-order valence-electron chi connectivity index (χ3n) is 2.25. The van der Waals surface area contributed by atoms with Gasteiger partial charge in [0.1, 0.15) is 6.10 Å². The molecular weight excluding hydrogens is 211 g/mol. The van der Waals surface area contributed by atoms with Crippen LogP contribution < -0.4 is 4.74 Å². The van der Waals surface area contributed by atoms with Crippen LogP contribution in [-0.2, 0) is 4.74 Å². The highest BCUT2D eigenvalue weighted by molar-refractivity contribution is 5.64. The first-order valence-electron chi connectivity index (χ1n) is 5.13. The Kier molecular flexibility index (Phi) is 4.28. The fourth-order valence-corrected chi connectivity index (χ4v) is 0.929. The zero-order valence-corrected chi connectivity index (χ0v) is 9.57. The maximum absolute atomic E-state index is 13.1. The van der Waals surface area contributed by atoms with E-state index in [2.05, 4.69) is 0 Å². The van der Waals surface area contributed by atoms with Crippen LogP contribution in [-0.4, -0.2) is 12.3 Å². The molecule has 16 heavy (non-hydrogen) atoms. The topological polar surface area (TPSA) is 35.5 Å². The van der Waals surface area contributed by atoms with Crippen LogP contribution in [0.2, 0.25) is 0 Å². The number of halogens is 1. The molecule has 1 unspecified atom stereocenters. The summed E-state index contributed by atoms with van der Waals surface area (Å²) in [5.74, 6) is -0.520. The minimum atomic E-state index is -0.883. The van der Waals surface area contributed by atoms with Gasteiger partial charge in [0, 0.05) is 0 Å². The third kappa shape index (κ3) is 3.53. The molecule has 0 radical (unpaired) electrons. The third-order valence-corrected chi connectivity index (χ3v) is 2.25. The fraction of sp³-hybridized carbons (Fsp3) is 0.417. The van der Waals surface area contributed by atoms with Crippen LogP contribution in [0.1, 0.15) is 20.8 Å². The average molecular weight is 226 g/mol. The lowest BCUT2D eigenvalue weighted by Gasteiger charge is -2.15. The van der Waals surface area contributed by atoms with Crippen molar-refractivity contribution >= 4 is 6.16 Å². The number of benzene rings is 1. The average Bonchev–Trinajstić information content (AvgIpc) is 2.21. The molecule has 1 rings (SSSR count). The first-order chi connectivity index (χ1) is 7.50. The molecular formula is C12H15FO3. The van der Waals surface area contributed by atoms with Crippen molar-refractivity contribution in [2.75, 3.05) is 0 Å². The van der Waals surface area contributed by atoms with Gasteiger partial charge in [0.05, 0.1) is 0 Å². The van der Waals surface area contributed by atoms with Crippen molar-refractivity contribution in [1.82, 2.24) is 0 Å². The molecule has 0 aliphatic rings. The highest BCUT2D eigenvalue weighted by atomic mass is 19.1. The number of carbonyl (C=O) groups is 1. The minimum absolute atomic E-state index is 0.122. The van der Waals surface area contributed by atoms with Crippen LogP contribution >= 0.6 is 0 Å². The van der Waals surface area contributed by atoms with Gasteiger partial charge >= 0.3 is 6.16 Å². The lowest BCUT2D eigenvalue weighted by Crippen LogP contribution is -2.22. The second kappa shape index (κ2) is 5.49. The SMILES string of the molecule is CC(C)C(C)OC(=O)Oc1ccccc1F. The van der Waals surface area contributed by atoms with Gasteiger partial charge in [-0.1, -0.05) is 26.0 Å². The lowest BCUT2D eigenvalue weighted by molar-refractivity contribution is 0.0456. The summed E-state index contributed by atoms with van der Waals surface area (Å²) in [6, 6.07) is 5.69. The van der Waals surface area contributed by atoms with Gasteiger partial charge in [0.25, 0.3) is 0 Å². The molecule has 0 aliphatic carbocycles. The summed E-state index contributed by atoms with van der Waals surface area (Å²) >= 11 is 0. The van der Waals surface area contributed by atoms with E-state index in [0.717, 1.165) is 0 Å². The summed E-state index contributed by atoms with van der Waals surface area (Å²) in [5, 5.41) is 0. The minimum Gasteiger partial charge on any atom is -0.431 e. The van der Waals surface area contributed by atoms with Gasteiger partial charge in [-0.15, -0.1) is 0 Å². The van der Waals surface area contributed by atoms with E-state index in [9.17, 15) is 9.18 Å². The fourth-order valence-electron chi connectivity index (χ4n) is 0.929. The number of para-hydroxylation sites is 1. The van der Waals surface area contributed by atoms with Crippen molar-refractivity contribution in [3.05, 3.63) is 30.1 Å². The molecule has 0 aliphatic heterocycles. The maximum atomic E-state index is 13.1. The van der Waals surface area contributed by atoms with E-state index in [1.165, 1.54) is 18.2 Å². The van der Waals surface area contributed by atoms with Gasteiger partial charge in [0.2, 0.25) is 0 Å². The van der Waals surface area contributed by atoms with Crippen molar-refractivity contribution in [3.8, 4) is 5.75 Å². The summed E-state index contributed by atoms with van der Waals surface area (Å²) in [7, 11) is 0. The molecule has 1 aromatic carbocycles. The highest BCUT2D eigenvalue weighted by Gasteiger charge is 2.16. The number of hydrogen-bond donors (Lipinski definition) is 0. The van der Waals surface area contributed by atoms with E-state index in [1.54, 1.807) is 13.0 Å². The van der Waals surface area contributed by atoms with E-state index < -0.39 is 12.0 Å². The zero-order chi connectivity index (χ0) is 12.1. The molecule has 4 heteroatoms. The molecule has 3 nitrogen and oxygen atoms in total. The lowest BCUT2D eigenvalue weighted by atomic mass is 10.1. The van der Waals surface area contributed by atoms with E-state index in [4.69, 9.17) is 9.47 Å². The number of carbonyl (C=O) groups excluding carboxylic acids is 1. The first kappa shape index (κ1) is 12.5. The van der Waals surface area contributed by atoms with Gasteiger partial charge in [0.15, 0.2) is 11.6 Å². The van der Waals surface area contributed by atoms with E-state index in [1.807, 2.05) is 13.8 Å². The van der Waals surface area contributed by atoms with Crippen molar-refractivity contribution in [2.24, 2.45) is 5.92 Å². The van der Waals surface area contributed by atoms with Crippen LogP contribution in [0, 0.1) is 11.7 Å². The van der Waals surface area contributed by atoms with E-state index >= 15 is 0 Å². The Morgan fingerprint density at radius 1 is 1.25 bits per heavy atom. The molecule has 1 aromatic rings. The molecule has 88 valence electrons. The smallest absolute Gasteiger partial charge is 0.431 e. The Hall–Kier alpha value is -1.58. The van der Waals surface area contributed by atoms with Gasteiger partial charge in [-0.3, -0.25) is 0 Å². The van der Waals surface area contributed by atoms with Gasteiger partial charge in [-0.2, -0.15) is 0 Å². The van der Waals surface area contributed by atoms with Crippen molar-refractivity contribution in [1.29, 1.82) is 0 Å². The summed E-state index contributed by atoms with van der Waals surface area (Å²) < 4.78 is 22.8. The van der Waals surface area contributed by atoms with Crippen LogP contribution in [0.25, 0.3) is 0 Å². The molecule has 0 heterocycles. The van der Waals surface area contributed by atoms with Gasteiger partial charge in [-0.25, -0.2) is 9.18 Å². The molecule has 0 fully saturated rings. The first-order valence-corrected chi connectivity index (χ1v) is 5.13. The number of ether oxygens (including phenoxy) is 2. The molecule has 0 spiro atoms. The van der Waals surface area contributed by atoms with Crippen molar-refractivity contribution in [3.63, 3.8) is 0 Å². The summed E-state index contributed by atoms with van der Waals surface area (Å²) in [4.78, 5) is 11.3. The quantitative estimate of drug-likeness (QED) is 0.585. The second-order valence-electron chi connectivity index (χ2n) is 3.85. The molecule has 0 N–H and O–H groups in total. The normalized spacial score (nSPS) is 12.3. The standard InChI is InChI=1S/C12H15FO3/c1-8(2)9(3)15-12(14)16-11-7-5-4-6-10(11)13/h4-9H,1-3H3. The molecule has 0 amide bonds. The Labute approximate surface area is 94.2 Å². The Morgan fingerprint density at radius 2 is 1.88 bits per heavy atom. The van der Waals surface area contributed by atoms with Crippen molar-refractivity contribution < 1.29 is 18.7 Å². The summed E-state index contributed by atoms with van der Waals surface area (Å²) in [6.07, 6.45) is -1.15. The largest absolute Gasteiger partial charge is 0.514 e. The monoisotopic (exact) mass is 226 g/mol. The number of hydrogen-bond acceptors (Lipinski definition) is 3. The molecule has 0 bridgehead atoms. The number of rotatable bonds is 3. The van der Waals surface area contributed by atoms with Crippen LogP contribution in [0.15, 0.2) is 24.3 Å². The molecule has 0 saturated heterocycles. The Balaban J connectivity index is 2.55. The Morgan fingerprint density at radius 3 is 2.44 bits per heavy atom. The predicted octanol–water partition coefficient (Wildman–Crippen LogP) is 3.39. The molecule has 0 saturated carbocycles. The van der Waals surface area contributed by atoms with Gasteiger partial charge in [-0.05, 0) is 25.0 Å². The van der Waals surface area contributed by atoms with E-state index in [0.29, 0.717) is 0 Å². The zero-order valence-electron chi connectivity index (χ0n) is 9.57. The second-order valence-corrected chi connectivity index (χ2v) is 3.85. The Bertz CT molecular complexity index is 363. The molecule has 1 atom stereocenters. The van der Waals surface area contributed by atoms with Crippen LogP contribution in [0.5, 0.6) is 5.75 Å². The predicted molar refractivity (Wildman–Crippen MR) is 57.8 cm³/mol. The summed E-state index contributed by atoms with van der Waals surface area (Å²) in [5.41, 5.74) is 0. The van der Waals surface area contributed by atoms with Crippen LogP contribution in [0.3, 0.4) is 0 Å². The van der Waals surface area contributed by atoms with Gasteiger partial charge < -0.3 is 9.47 Å². The molecule has 0 aromatic heterocycles. The van der Waals surface area contributed by atoms with Crippen LogP contribution in [0.4, 0.5) is 9.18 Å². The van der Waals surface area contributed by atoms with E-state index in [-0.39, 0.29) is 17.8 Å². The summed E-state index contributed by atoms with van der Waals surface area (Å²) in [6.45, 7) is 5.59. The maximum Gasteiger partial charge on any atom is 0.514 e. The van der Waals surface area contributed by atoms with Crippen molar-refractivity contribution in [2.45, 2.75) is 26.9 Å².